The Labute approximate surface area is 143 Å². The first-order chi connectivity index (χ1) is 11.4. The molecule has 0 aliphatic carbocycles. The van der Waals surface area contributed by atoms with Crippen LogP contribution in [0.5, 0.6) is 0 Å². The van der Waals surface area contributed by atoms with Crippen molar-refractivity contribution in [1.29, 1.82) is 5.26 Å². The molecule has 3 N–H and O–H groups in total. The molecule has 6 nitrogen and oxygen atoms in total. The Balaban J connectivity index is 3.13. The number of benzene rings is 1. The Morgan fingerprint density at radius 3 is 2.67 bits per heavy atom. The van der Waals surface area contributed by atoms with Gasteiger partial charge in [0.25, 0.3) is 0 Å². The zero-order valence-electron chi connectivity index (χ0n) is 13.9. The molecule has 2 unspecified atom stereocenters. The number of nitrogens with one attached hydrogen (secondary N) is 2. The number of aliphatic hydroxyl groups is 1. The van der Waals surface area contributed by atoms with Crippen LogP contribution in [0.4, 0.5) is 5.69 Å². The fraction of sp³-hybridized carbons (Fsp3) is 0.471. The molecule has 1 rings (SSSR count). The molecule has 1 aromatic carbocycles. The van der Waals surface area contributed by atoms with E-state index >= 15 is 0 Å². The summed E-state index contributed by atoms with van der Waals surface area (Å²) in [6.45, 7) is 4.15. The lowest BCUT2D eigenvalue weighted by atomic mass is 10.0. The van der Waals surface area contributed by atoms with Gasteiger partial charge in [-0.3, -0.25) is 0 Å². The van der Waals surface area contributed by atoms with E-state index in [1.54, 1.807) is 6.92 Å². The monoisotopic (exact) mass is 349 g/mol. The van der Waals surface area contributed by atoms with Crippen molar-refractivity contribution in [2.24, 2.45) is 5.92 Å². The van der Waals surface area contributed by atoms with Crippen molar-refractivity contribution in [3.05, 3.63) is 23.8 Å². The maximum absolute atomic E-state index is 12.5. The highest BCUT2D eigenvalue weighted by molar-refractivity contribution is 7.89. The van der Waals surface area contributed by atoms with Gasteiger partial charge in [0.1, 0.15) is 4.90 Å². The van der Waals surface area contributed by atoms with E-state index in [0.717, 1.165) is 6.42 Å². The van der Waals surface area contributed by atoms with Gasteiger partial charge in [0.15, 0.2) is 0 Å². The molecule has 24 heavy (non-hydrogen) atoms. The lowest BCUT2D eigenvalue weighted by Gasteiger charge is -2.18. The highest BCUT2D eigenvalue weighted by Crippen LogP contribution is 2.24. The average molecular weight is 349 g/mol. The predicted octanol–water partition coefficient (Wildman–Crippen LogP) is 1.68. The number of terminal acetylenes is 1. The smallest absolute Gasteiger partial charge is 0.243 e. The van der Waals surface area contributed by atoms with E-state index in [1.807, 2.05) is 13.0 Å². The van der Waals surface area contributed by atoms with Gasteiger partial charge in [-0.2, -0.15) is 9.98 Å². The molecular weight excluding hydrogens is 326 g/mol. The fourth-order valence-electron chi connectivity index (χ4n) is 2.19. The minimum atomic E-state index is -3.81. The maximum atomic E-state index is 12.5. The standard InChI is InChI=1S/C17H23N3O3S/c1-4-13(3)20-24(22,23)17-7-6-15(11-18)10-16(17)19-12-14(5-2)8-9-21/h1,6-7,10,13-14,19-21H,5,8-9,12H2,2-3H3. The summed E-state index contributed by atoms with van der Waals surface area (Å²) in [5.41, 5.74) is 0.707. The highest BCUT2D eigenvalue weighted by atomic mass is 32.2. The van der Waals surface area contributed by atoms with Crippen molar-refractivity contribution in [2.75, 3.05) is 18.5 Å². The third-order valence-corrected chi connectivity index (χ3v) is 5.27. The van der Waals surface area contributed by atoms with Crippen molar-refractivity contribution in [3.63, 3.8) is 0 Å². The number of aliphatic hydroxyl groups excluding tert-OH is 1. The quantitative estimate of drug-likeness (QED) is 0.589. The molecule has 0 aromatic heterocycles. The largest absolute Gasteiger partial charge is 0.396 e. The molecule has 0 spiro atoms. The maximum Gasteiger partial charge on any atom is 0.243 e. The second kappa shape index (κ2) is 9.29. The Morgan fingerprint density at radius 2 is 2.12 bits per heavy atom. The van der Waals surface area contributed by atoms with Crippen molar-refractivity contribution in [2.45, 2.75) is 37.6 Å². The van der Waals surface area contributed by atoms with E-state index < -0.39 is 16.1 Å². The topological polar surface area (TPSA) is 102 Å². The van der Waals surface area contributed by atoms with Crippen molar-refractivity contribution in [3.8, 4) is 18.4 Å². The van der Waals surface area contributed by atoms with Crippen LogP contribution in [0.1, 0.15) is 32.3 Å². The van der Waals surface area contributed by atoms with Gasteiger partial charge in [-0.05, 0) is 37.5 Å². The average Bonchev–Trinajstić information content (AvgIpc) is 2.57. The van der Waals surface area contributed by atoms with Crippen LogP contribution in [0.25, 0.3) is 0 Å². The van der Waals surface area contributed by atoms with Gasteiger partial charge < -0.3 is 10.4 Å². The van der Waals surface area contributed by atoms with Crippen molar-refractivity contribution >= 4 is 15.7 Å². The van der Waals surface area contributed by atoms with Crippen molar-refractivity contribution < 1.29 is 13.5 Å². The molecule has 0 bridgehead atoms. The number of nitrogens with zero attached hydrogens (tertiary/aromatic N) is 1. The first kappa shape index (κ1) is 20.0. The summed E-state index contributed by atoms with van der Waals surface area (Å²) in [5.74, 6) is 2.52. The van der Waals surface area contributed by atoms with Crippen LogP contribution < -0.4 is 10.0 Å². The molecule has 2 atom stereocenters. The molecule has 0 heterocycles. The number of rotatable bonds is 9. The highest BCUT2D eigenvalue weighted by Gasteiger charge is 2.21. The number of anilines is 1. The molecule has 130 valence electrons. The molecule has 0 saturated heterocycles. The van der Waals surface area contributed by atoms with Crippen molar-refractivity contribution in [1.82, 2.24) is 4.72 Å². The van der Waals surface area contributed by atoms with Crippen LogP contribution in [0, 0.1) is 29.6 Å². The van der Waals surface area contributed by atoms with Gasteiger partial charge in [0, 0.05) is 13.2 Å². The van der Waals surface area contributed by atoms with E-state index in [4.69, 9.17) is 16.8 Å². The number of sulfonamides is 1. The molecule has 0 saturated carbocycles. The fourth-order valence-corrected chi connectivity index (χ4v) is 3.52. The molecule has 0 amide bonds. The molecule has 0 aliphatic rings. The summed E-state index contributed by atoms with van der Waals surface area (Å²) in [5, 5.41) is 21.2. The normalized spacial score (nSPS) is 13.5. The lowest BCUT2D eigenvalue weighted by Crippen LogP contribution is -2.32. The van der Waals surface area contributed by atoms with E-state index in [1.165, 1.54) is 18.2 Å². The molecule has 7 heteroatoms. The molecule has 1 aromatic rings. The first-order valence-electron chi connectivity index (χ1n) is 7.75. The third-order valence-electron chi connectivity index (χ3n) is 3.68. The minimum Gasteiger partial charge on any atom is -0.396 e. The van der Waals surface area contributed by atoms with Gasteiger partial charge in [0.05, 0.1) is 23.4 Å². The van der Waals surface area contributed by atoms with Gasteiger partial charge in [-0.25, -0.2) is 8.42 Å². The zero-order valence-corrected chi connectivity index (χ0v) is 14.7. The second-order valence-electron chi connectivity index (χ2n) is 5.50. The van der Waals surface area contributed by atoms with E-state index in [0.29, 0.717) is 24.2 Å². The Kier molecular flexibility index (Phi) is 7.73. The lowest BCUT2D eigenvalue weighted by molar-refractivity contribution is 0.258. The van der Waals surface area contributed by atoms with E-state index in [-0.39, 0.29) is 17.4 Å². The van der Waals surface area contributed by atoms with Crippen LogP contribution in [0.15, 0.2) is 23.1 Å². The first-order valence-corrected chi connectivity index (χ1v) is 9.23. The number of hydrogen-bond donors (Lipinski definition) is 3. The van der Waals surface area contributed by atoms with Crippen LogP contribution in [-0.4, -0.2) is 32.7 Å². The van der Waals surface area contributed by atoms with Crippen LogP contribution >= 0.6 is 0 Å². The summed E-state index contributed by atoms with van der Waals surface area (Å²) in [4.78, 5) is 0.0439. The van der Waals surface area contributed by atoms with Gasteiger partial charge in [0.2, 0.25) is 10.0 Å². The van der Waals surface area contributed by atoms with Crippen LogP contribution in [0.3, 0.4) is 0 Å². The number of nitriles is 1. The van der Waals surface area contributed by atoms with Gasteiger partial charge in [-0.15, -0.1) is 6.42 Å². The number of hydrogen-bond acceptors (Lipinski definition) is 5. The zero-order chi connectivity index (χ0) is 18.2. The van der Waals surface area contributed by atoms with E-state index in [2.05, 4.69) is 16.0 Å². The van der Waals surface area contributed by atoms with E-state index in [9.17, 15) is 8.42 Å². The van der Waals surface area contributed by atoms with Crippen LogP contribution in [-0.2, 0) is 10.0 Å². The Bertz CT molecular complexity index is 732. The molecule has 0 fully saturated rings. The van der Waals surface area contributed by atoms with Gasteiger partial charge >= 0.3 is 0 Å². The van der Waals surface area contributed by atoms with Crippen LogP contribution in [0.2, 0.25) is 0 Å². The SMILES string of the molecule is C#CC(C)NS(=O)(=O)c1ccc(C#N)cc1NCC(CC)CCO. The summed E-state index contributed by atoms with van der Waals surface area (Å²) >= 11 is 0. The summed E-state index contributed by atoms with van der Waals surface area (Å²) in [7, 11) is -3.81. The molecule has 0 radical (unpaired) electrons. The van der Waals surface area contributed by atoms with Gasteiger partial charge in [-0.1, -0.05) is 19.3 Å². The summed E-state index contributed by atoms with van der Waals surface area (Å²) in [6.07, 6.45) is 6.70. The second-order valence-corrected chi connectivity index (χ2v) is 7.18. The Hall–Kier alpha value is -2.06. The summed E-state index contributed by atoms with van der Waals surface area (Å²) in [6, 6.07) is 5.69. The Morgan fingerprint density at radius 1 is 1.42 bits per heavy atom. The summed E-state index contributed by atoms with van der Waals surface area (Å²) < 4.78 is 27.4. The predicted molar refractivity (Wildman–Crippen MR) is 93.7 cm³/mol. The minimum absolute atomic E-state index is 0.0439. The molecule has 0 aliphatic heterocycles. The molecular formula is C17H23N3O3S. The third kappa shape index (κ3) is 5.54.